The topological polar surface area (TPSA) is 30.2 Å². The number of halogens is 1. The van der Waals surface area contributed by atoms with E-state index >= 15 is 0 Å². The van der Waals surface area contributed by atoms with Crippen molar-refractivity contribution in [2.75, 3.05) is 6.67 Å². The predicted molar refractivity (Wildman–Crippen MR) is 102 cm³/mol. The van der Waals surface area contributed by atoms with Gasteiger partial charge >= 0.3 is 0 Å². The van der Waals surface area contributed by atoms with Crippen LogP contribution in [0.15, 0.2) is 62.8 Å². The standard InChI is InChI=1S/C21H21FO2S/c1-15-20(23)18-10-2-3-11-19(18)24-21(15)25-14-17-9-6-8-16(13-17)7-4-5-12-22/h2-3,6,8-11,13H,4-5,7,12,14H2,1H3. The van der Waals surface area contributed by atoms with E-state index in [1.807, 2.05) is 31.2 Å². The van der Waals surface area contributed by atoms with Gasteiger partial charge in [0.2, 0.25) is 0 Å². The molecule has 130 valence electrons. The molecule has 0 unspecified atom stereocenters. The molecule has 0 radical (unpaired) electrons. The number of hydrogen-bond donors (Lipinski definition) is 0. The average molecular weight is 356 g/mol. The molecule has 2 aromatic carbocycles. The summed E-state index contributed by atoms with van der Waals surface area (Å²) in [6, 6.07) is 15.7. The first-order chi connectivity index (χ1) is 12.2. The third kappa shape index (κ3) is 4.31. The lowest BCUT2D eigenvalue weighted by molar-refractivity contribution is 0.462. The van der Waals surface area contributed by atoms with Crippen LogP contribution in [0.25, 0.3) is 11.0 Å². The normalized spacial score (nSPS) is 11.1. The van der Waals surface area contributed by atoms with E-state index in [4.69, 9.17) is 4.42 Å². The molecule has 25 heavy (non-hydrogen) atoms. The van der Waals surface area contributed by atoms with Crippen LogP contribution in [0.1, 0.15) is 29.5 Å². The van der Waals surface area contributed by atoms with E-state index in [1.54, 1.807) is 6.07 Å². The van der Waals surface area contributed by atoms with Crippen LogP contribution in [0.3, 0.4) is 0 Å². The second-order valence-corrected chi connectivity index (χ2v) is 7.04. The van der Waals surface area contributed by atoms with Crippen LogP contribution >= 0.6 is 11.8 Å². The maximum Gasteiger partial charge on any atom is 0.196 e. The molecule has 0 aliphatic rings. The predicted octanol–water partition coefficient (Wildman–Crippen LogP) is 5.69. The van der Waals surface area contributed by atoms with E-state index in [0.717, 1.165) is 18.6 Å². The Labute approximate surface area is 151 Å². The molecule has 0 amide bonds. The van der Waals surface area contributed by atoms with E-state index in [1.165, 1.54) is 22.9 Å². The first-order valence-electron chi connectivity index (χ1n) is 8.48. The Kier molecular flexibility index (Phi) is 5.92. The second kappa shape index (κ2) is 8.34. The monoisotopic (exact) mass is 356 g/mol. The minimum absolute atomic E-state index is 0.0318. The third-order valence-electron chi connectivity index (χ3n) is 4.19. The maximum absolute atomic E-state index is 12.5. The quantitative estimate of drug-likeness (QED) is 0.403. The van der Waals surface area contributed by atoms with Crippen LogP contribution in [0, 0.1) is 6.92 Å². The zero-order valence-electron chi connectivity index (χ0n) is 14.3. The van der Waals surface area contributed by atoms with Gasteiger partial charge < -0.3 is 4.42 Å². The highest BCUT2D eigenvalue weighted by Crippen LogP contribution is 2.28. The second-order valence-electron chi connectivity index (χ2n) is 6.09. The fourth-order valence-electron chi connectivity index (χ4n) is 2.80. The van der Waals surface area contributed by atoms with Crippen molar-refractivity contribution in [2.24, 2.45) is 0 Å². The molecule has 2 nitrogen and oxygen atoms in total. The first-order valence-corrected chi connectivity index (χ1v) is 9.46. The number of alkyl halides is 1. The van der Waals surface area contributed by atoms with Gasteiger partial charge in [-0.25, -0.2) is 0 Å². The van der Waals surface area contributed by atoms with Crippen LogP contribution in [0.5, 0.6) is 0 Å². The highest BCUT2D eigenvalue weighted by molar-refractivity contribution is 7.98. The summed E-state index contributed by atoms with van der Waals surface area (Å²) in [7, 11) is 0. The molecule has 0 aliphatic carbocycles. The molecule has 0 atom stereocenters. The van der Waals surface area contributed by atoms with Gasteiger partial charge in [0.15, 0.2) is 10.5 Å². The van der Waals surface area contributed by atoms with Crippen LogP contribution in [0.4, 0.5) is 4.39 Å². The summed E-state index contributed by atoms with van der Waals surface area (Å²) < 4.78 is 18.2. The third-order valence-corrected chi connectivity index (χ3v) is 5.32. The van der Waals surface area contributed by atoms with Crippen molar-refractivity contribution >= 4 is 22.7 Å². The zero-order valence-corrected chi connectivity index (χ0v) is 15.1. The van der Waals surface area contributed by atoms with Crippen molar-refractivity contribution in [3.63, 3.8) is 0 Å². The molecule has 3 aromatic rings. The molecule has 0 fully saturated rings. The van der Waals surface area contributed by atoms with Gasteiger partial charge in [-0.05, 0) is 49.4 Å². The van der Waals surface area contributed by atoms with Gasteiger partial charge in [0.1, 0.15) is 5.58 Å². The van der Waals surface area contributed by atoms with Crippen LogP contribution in [-0.4, -0.2) is 6.67 Å². The number of rotatable bonds is 7. The van der Waals surface area contributed by atoms with Gasteiger partial charge in [-0.2, -0.15) is 0 Å². The minimum Gasteiger partial charge on any atom is -0.449 e. The summed E-state index contributed by atoms with van der Waals surface area (Å²) in [4.78, 5) is 12.5. The number of benzene rings is 2. The van der Waals surface area contributed by atoms with E-state index in [-0.39, 0.29) is 12.1 Å². The Bertz CT molecular complexity index is 917. The SMILES string of the molecule is Cc1c(SCc2cccc(CCCCF)c2)oc2ccccc2c1=O. The van der Waals surface area contributed by atoms with Crippen molar-refractivity contribution < 1.29 is 8.81 Å². The molecule has 1 aromatic heterocycles. The molecule has 0 bridgehead atoms. The zero-order chi connectivity index (χ0) is 17.6. The van der Waals surface area contributed by atoms with Crippen LogP contribution < -0.4 is 5.43 Å². The summed E-state index contributed by atoms with van der Waals surface area (Å²) in [6.07, 6.45) is 2.37. The minimum atomic E-state index is -0.254. The maximum atomic E-state index is 12.5. The van der Waals surface area contributed by atoms with Gasteiger partial charge in [-0.15, -0.1) is 0 Å². The van der Waals surface area contributed by atoms with Crippen molar-refractivity contribution in [1.29, 1.82) is 0 Å². The Morgan fingerprint density at radius 3 is 2.68 bits per heavy atom. The van der Waals surface area contributed by atoms with E-state index in [9.17, 15) is 9.18 Å². The number of aryl methyl sites for hydroxylation is 1. The lowest BCUT2D eigenvalue weighted by atomic mass is 10.1. The van der Waals surface area contributed by atoms with Gasteiger partial charge in [0.05, 0.1) is 12.1 Å². The molecule has 3 rings (SSSR count). The molecule has 4 heteroatoms. The molecule has 0 spiro atoms. The smallest absolute Gasteiger partial charge is 0.196 e. The van der Waals surface area contributed by atoms with E-state index in [0.29, 0.717) is 28.0 Å². The summed E-state index contributed by atoms with van der Waals surface area (Å²) in [5.74, 6) is 0.735. The van der Waals surface area contributed by atoms with Crippen molar-refractivity contribution in [1.82, 2.24) is 0 Å². The van der Waals surface area contributed by atoms with E-state index in [2.05, 4.69) is 18.2 Å². The molecule has 0 saturated heterocycles. The van der Waals surface area contributed by atoms with Gasteiger partial charge in [0.25, 0.3) is 0 Å². The molecule has 0 saturated carbocycles. The largest absolute Gasteiger partial charge is 0.449 e. The fraction of sp³-hybridized carbons (Fsp3) is 0.286. The average Bonchev–Trinajstić information content (AvgIpc) is 2.64. The number of para-hydroxylation sites is 1. The fourth-order valence-corrected chi connectivity index (χ4v) is 3.73. The Morgan fingerprint density at radius 2 is 1.84 bits per heavy atom. The van der Waals surface area contributed by atoms with Gasteiger partial charge in [-0.3, -0.25) is 9.18 Å². The summed E-state index contributed by atoms with van der Waals surface area (Å²) in [6.45, 7) is 1.56. The highest BCUT2D eigenvalue weighted by atomic mass is 32.2. The molecular formula is C21H21FO2S. The number of unbranched alkanes of at least 4 members (excludes halogenated alkanes) is 1. The lowest BCUT2D eigenvalue weighted by Gasteiger charge is -2.08. The summed E-state index contributed by atoms with van der Waals surface area (Å²) in [5.41, 5.74) is 3.72. The van der Waals surface area contributed by atoms with Crippen molar-refractivity contribution in [2.45, 2.75) is 37.0 Å². The van der Waals surface area contributed by atoms with Crippen LogP contribution in [0.2, 0.25) is 0 Å². The first kappa shape index (κ1) is 17.7. The van der Waals surface area contributed by atoms with Crippen molar-refractivity contribution in [3.05, 3.63) is 75.4 Å². The Morgan fingerprint density at radius 1 is 1.04 bits per heavy atom. The molecule has 0 N–H and O–H groups in total. The Balaban J connectivity index is 1.75. The lowest BCUT2D eigenvalue weighted by Crippen LogP contribution is -2.06. The van der Waals surface area contributed by atoms with Crippen LogP contribution in [-0.2, 0) is 12.2 Å². The summed E-state index contributed by atoms with van der Waals surface area (Å²) >= 11 is 1.54. The Hall–Kier alpha value is -2.07. The van der Waals surface area contributed by atoms with Crippen molar-refractivity contribution in [3.8, 4) is 0 Å². The number of fused-ring (bicyclic) bond motifs is 1. The molecular weight excluding hydrogens is 335 g/mol. The van der Waals surface area contributed by atoms with E-state index < -0.39 is 0 Å². The summed E-state index contributed by atoms with van der Waals surface area (Å²) in [5, 5.41) is 1.30. The highest BCUT2D eigenvalue weighted by Gasteiger charge is 2.11. The molecule has 1 heterocycles. The number of thioether (sulfide) groups is 1. The van der Waals surface area contributed by atoms with Gasteiger partial charge in [0, 0.05) is 11.3 Å². The van der Waals surface area contributed by atoms with Gasteiger partial charge in [-0.1, -0.05) is 48.2 Å². The number of hydrogen-bond acceptors (Lipinski definition) is 3. The molecule has 0 aliphatic heterocycles.